The third-order valence-electron chi connectivity index (χ3n) is 3.23. The molecule has 1 aliphatic rings. The van der Waals surface area contributed by atoms with E-state index in [4.69, 9.17) is 5.73 Å². The normalized spacial score (nSPS) is 16.7. The van der Waals surface area contributed by atoms with Crippen LogP contribution in [0.4, 0.5) is 10.3 Å². The van der Waals surface area contributed by atoms with Crippen molar-refractivity contribution in [3.05, 3.63) is 22.7 Å². The molecule has 0 radical (unpaired) electrons. The zero-order valence-corrected chi connectivity index (χ0v) is 13.5. The summed E-state index contributed by atoms with van der Waals surface area (Å²) in [6, 6.07) is 0. The van der Waals surface area contributed by atoms with Gasteiger partial charge < -0.3 is 10.6 Å². The van der Waals surface area contributed by atoms with Crippen molar-refractivity contribution in [1.82, 2.24) is 14.9 Å². The highest BCUT2D eigenvalue weighted by atomic mass is 35.5. The van der Waals surface area contributed by atoms with E-state index >= 15 is 0 Å². The van der Waals surface area contributed by atoms with Gasteiger partial charge in [-0.1, -0.05) is 0 Å². The second-order valence-electron chi connectivity index (χ2n) is 4.60. The molecule has 0 aromatic carbocycles. The molecule has 3 heterocycles. The van der Waals surface area contributed by atoms with Crippen LogP contribution in [0.15, 0.2) is 17.8 Å². The number of hydrogen-bond donors (Lipinski definition) is 1. The van der Waals surface area contributed by atoms with Crippen molar-refractivity contribution in [2.24, 2.45) is 0 Å². The Morgan fingerprint density at radius 3 is 2.80 bits per heavy atom. The zero-order chi connectivity index (χ0) is 13.1. The molecule has 8 heteroatoms. The summed E-state index contributed by atoms with van der Waals surface area (Å²) in [6.45, 7) is 5.29. The molecule has 0 amide bonds. The highest BCUT2D eigenvalue weighted by Crippen LogP contribution is 2.21. The average Bonchev–Trinajstić information content (AvgIpc) is 3.00. The molecule has 5 nitrogen and oxygen atoms in total. The second-order valence-corrected chi connectivity index (χ2v) is 6.62. The van der Waals surface area contributed by atoms with Crippen molar-refractivity contribution in [2.45, 2.75) is 13.0 Å². The summed E-state index contributed by atoms with van der Waals surface area (Å²) < 4.78 is 0. The molecule has 20 heavy (non-hydrogen) atoms. The Labute approximate surface area is 132 Å². The van der Waals surface area contributed by atoms with Gasteiger partial charge in [0.15, 0.2) is 10.3 Å². The Morgan fingerprint density at radius 1 is 1.20 bits per heavy atom. The van der Waals surface area contributed by atoms with Crippen LogP contribution in [0.5, 0.6) is 0 Å². The third kappa shape index (κ3) is 3.82. The summed E-state index contributed by atoms with van der Waals surface area (Å²) in [7, 11) is 0. The van der Waals surface area contributed by atoms with Crippen molar-refractivity contribution >= 4 is 45.3 Å². The molecule has 2 N–H and O–H groups in total. The van der Waals surface area contributed by atoms with Gasteiger partial charge >= 0.3 is 0 Å². The lowest BCUT2D eigenvalue weighted by Gasteiger charge is -2.20. The average molecular weight is 332 g/mol. The van der Waals surface area contributed by atoms with Crippen molar-refractivity contribution < 1.29 is 0 Å². The highest BCUT2D eigenvalue weighted by Gasteiger charge is 2.17. The molecule has 2 aromatic rings. The minimum Gasteiger partial charge on any atom is -0.375 e. The van der Waals surface area contributed by atoms with Gasteiger partial charge in [0.25, 0.3) is 0 Å². The fourth-order valence-electron chi connectivity index (χ4n) is 2.31. The number of thiazole rings is 2. The maximum atomic E-state index is 5.67. The third-order valence-corrected chi connectivity index (χ3v) is 4.87. The van der Waals surface area contributed by atoms with Crippen LogP contribution in [0.3, 0.4) is 0 Å². The largest absolute Gasteiger partial charge is 0.375 e. The van der Waals surface area contributed by atoms with Gasteiger partial charge in [0.05, 0.1) is 0 Å². The Balaban J connectivity index is 0.00000147. The smallest absolute Gasteiger partial charge is 0.185 e. The van der Waals surface area contributed by atoms with Crippen molar-refractivity contribution in [1.29, 1.82) is 0 Å². The van der Waals surface area contributed by atoms with Crippen LogP contribution in [-0.4, -0.2) is 41.0 Å². The molecule has 0 atom stereocenters. The molecule has 0 spiro atoms. The molecule has 0 aliphatic carbocycles. The van der Waals surface area contributed by atoms with Crippen LogP contribution >= 0.6 is 35.1 Å². The first-order valence-electron chi connectivity index (χ1n) is 6.38. The lowest BCUT2D eigenvalue weighted by atomic mass is 10.4. The standard InChI is InChI=1S/C12H17N5S2.ClH/c13-11-15-8-10(19-11)9-16-3-1-4-17(6-5-16)12-14-2-7-18-12;/h2,7-8H,1,3-6,9H2,(H2,13,15);1H. The fourth-order valence-corrected chi connectivity index (χ4v) is 3.73. The second kappa shape index (κ2) is 7.21. The van der Waals surface area contributed by atoms with Gasteiger partial charge in [-0.3, -0.25) is 4.90 Å². The van der Waals surface area contributed by atoms with Gasteiger partial charge in [0, 0.05) is 55.4 Å². The monoisotopic (exact) mass is 331 g/mol. The maximum absolute atomic E-state index is 5.67. The van der Waals surface area contributed by atoms with Crippen LogP contribution in [-0.2, 0) is 6.54 Å². The van der Waals surface area contributed by atoms with E-state index < -0.39 is 0 Å². The van der Waals surface area contributed by atoms with Crippen LogP contribution in [0.1, 0.15) is 11.3 Å². The van der Waals surface area contributed by atoms with E-state index in [9.17, 15) is 0 Å². The summed E-state index contributed by atoms with van der Waals surface area (Å²) >= 11 is 3.31. The Kier molecular flexibility index (Phi) is 5.59. The topological polar surface area (TPSA) is 58.3 Å². The summed E-state index contributed by atoms with van der Waals surface area (Å²) in [4.78, 5) is 14.6. The molecular formula is C12H18ClN5S2. The fraction of sp³-hybridized carbons (Fsp3) is 0.500. The number of anilines is 2. The van der Waals surface area contributed by atoms with Crippen molar-refractivity contribution in [3.8, 4) is 0 Å². The van der Waals surface area contributed by atoms with Crippen LogP contribution in [0.25, 0.3) is 0 Å². The Morgan fingerprint density at radius 2 is 2.10 bits per heavy atom. The van der Waals surface area contributed by atoms with E-state index in [-0.39, 0.29) is 12.4 Å². The highest BCUT2D eigenvalue weighted by molar-refractivity contribution is 7.15. The zero-order valence-electron chi connectivity index (χ0n) is 11.1. The minimum atomic E-state index is 0. The number of nitrogen functional groups attached to an aromatic ring is 1. The molecule has 2 aromatic heterocycles. The predicted octanol–water partition coefficient (Wildman–Crippen LogP) is 2.32. The van der Waals surface area contributed by atoms with Gasteiger partial charge in [0.1, 0.15) is 0 Å². The number of halogens is 1. The number of nitrogens with two attached hydrogens (primary N) is 1. The minimum absolute atomic E-state index is 0. The first kappa shape index (κ1) is 15.5. The first-order valence-corrected chi connectivity index (χ1v) is 8.08. The Bertz CT molecular complexity index is 516. The van der Waals surface area contributed by atoms with Gasteiger partial charge in [-0.05, 0) is 6.42 Å². The quantitative estimate of drug-likeness (QED) is 0.935. The van der Waals surface area contributed by atoms with E-state index in [1.807, 2.05) is 17.8 Å². The number of rotatable bonds is 3. The van der Waals surface area contributed by atoms with Crippen molar-refractivity contribution in [3.63, 3.8) is 0 Å². The Hall–Kier alpha value is -0.890. The van der Waals surface area contributed by atoms with Gasteiger partial charge in [-0.25, -0.2) is 9.97 Å². The van der Waals surface area contributed by atoms with E-state index in [0.717, 1.165) is 37.9 Å². The lowest BCUT2D eigenvalue weighted by Crippen LogP contribution is -2.30. The molecule has 110 valence electrons. The molecule has 1 aliphatic heterocycles. The predicted molar refractivity (Wildman–Crippen MR) is 88.0 cm³/mol. The summed E-state index contributed by atoms with van der Waals surface area (Å²) in [5.74, 6) is 0. The number of hydrogen-bond acceptors (Lipinski definition) is 7. The molecule has 3 rings (SSSR count). The first-order chi connectivity index (χ1) is 9.31. The van der Waals surface area contributed by atoms with E-state index in [1.165, 1.54) is 11.3 Å². The number of nitrogens with zero attached hydrogens (tertiary/aromatic N) is 4. The maximum Gasteiger partial charge on any atom is 0.185 e. The van der Waals surface area contributed by atoms with Gasteiger partial charge in [-0.15, -0.1) is 35.1 Å². The van der Waals surface area contributed by atoms with E-state index in [2.05, 4.69) is 19.8 Å². The van der Waals surface area contributed by atoms with Crippen LogP contribution in [0.2, 0.25) is 0 Å². The molecular weight excluding hydrogens is 314 g/mol. The number of aromatic nitrogens is 2. The van der Waals surface area contributed by atoms with Gasteiger partial charge in [0.2, 0.25) is 0 Å². The van der Waals surface area contributed by atoms with E-state index in [1.54, 1.807) is 22.7 Å². The van der Waals surface area contributed by atoms with E-state index in [0.29, 0.717) is 5.13 Å². The summed E-state index contributed by atoms with van der Waals surface area (Å²) in [5.41, 5.74) is 5.67. The van der Waals surface area contributed by atoms with Crippen molar-refractivity contribution in [2.75, 3.05) is 36.8 Å². The molecule has 0 unspecified atom stereocenters. The van der Waals surface area contributed by atoms with Gasteiger partial charge in [-0.2, -0.15) is 0 Å². The molecule has 1 fully saturated rings. The summed E-state index contributed by atoms with van der Waals surface area (Å²) in [5, 5.41) is 3.84. The molecule has 0 bridgehead atoms. The lowest BCUT2D eigenvalue weighted by molar-refractivity contribution is 0.288. The van der Waals surface area contributed by atoms with Crippen LogP contribution < -0.4 is 10.6 Å². The molecule has 1 saturated heterocycles. The SMILES string of the molecule is Cl.Nc1ncc(CN2CCCN(c3nccs3)CC2)s1. The molecule has 0 saturated carbocycles. The van der Waals surface area contributed by atoms with Crippen LogP contribution in [0, 0.1) is 0 Å². The summed E-state index contributed by atoms with van der Waals surface area (Å²) in [6.07, 6.45) is 4.94.